The Kier molecular flexibility index (Phi) is 7.53. The lowest BCUT2D eigenvalue weighted by Gasteiger charge is -2.36. The second-order valence-corrected chi connectivity index (χ2v) is 6.40. The number of aliphatic imine (C=N–C) groups is 1. The zero-order chi connectivity index (χ0) is 19.0. The summed E-state index contributed by atoms with van der Waals surface area (Å²) in [6, 6.07) is 5.75. The summed E-state index contributed by atoms with van der Waals surface area (Å²) in [7, 11) is 6.84. The molecule has 1 atom stereocenters. The number of methoxy groups -OCH3 is 3. The minimum atomic E-state index is -0.216. The van der Waals surface area contributed by atoms with E-state index in [1.54, 1.807) is 28.4 Å². The Labute approximate surface area is 156 Å². The van der Waals surface area contributed by atoms with Crippen LogP contribution in [0.15, 0.2) is 23.2 Å². The van der Waals surface area contributed by atoms with E-state index in [-0.39, 0.29) is 11.6 Å². The van der Waals surface area contributed by atoms with E-state index in [1.165, 1.54) is 0 Å². The molecule has 1 fully saturated rings. The van der Waals surface area contributed by atoms with Crippen molar-refractivity contribution in [1.29, 1.82) is 0 Å². The molecule has 0 saturated carbocycles. The number of hydrogen-bond donors (Lipinski definition) is 2. The highest BCUT2D eigenvalue weighted by Crippen LogP contribution is 2.29. The minimum absolute atomic E-state index is 0.0144. The van der Waals surface area contributed by atoms with Gasteiger partial charge in [0.1, 0.15) is 11.5 Å². The van der Waals surface area contributed by atoms with Crippen molar-refractivity contribution < 1.29 is 18.9 Å². The highest BCUT2D eigenvalue weighted by Gasteiger charge is 2.32. The van der Waals surface area contributed by atoms with E-state index in [2.05, 4.69) is 22.5 Å². The van der Waals surface area contributed by atoms with Crippen molar-refractivity contribution in [2.75, 3.05) is 48.1 Å². The molecule has 0 amide bonds. The lowest BCUT2D eigenvalue weighted by Crippen LogP contribution is -2.51. The highest BCUT2D eigenvalue weighted by atomic mass is 16.5. The lowest BCUT2D eigenvalue weighted by molar-refractivity contribution is -0.0855. The summed E-state index contributed by atoms with van der Waals surface area (Å²) in [4.78, 5) is 4.34. The van der Waals surface area contributed by atoms with Gasteiger partial charge in [0.25, 0.3) is 0 Å². The van der Waals surface area contributed by atoms with Crippen molar-refractivity contribution in [2.24, 2.45) is 4.99 Å². The monoisotopic (exact) mass is 365 g/mol. The normalized spacial score (nSPS) is 18.1. The zero-order valence-electron chi connectivity index (χ0n) is 16.4. The van der Waals surface area contributed by atoms with Crippen LogP contribution >= 0.6 is 0 Å². The number of hydrogen-bond acceptors (Lipinski definition) is 5. The van der Waals surface area contributed by atoms with Gasteiger partial charge in [-0.2, -0.15) is 0 Å². The largest absolute Gasteiger partial charge is 0.497 e. The van der Waals surface area contributed by atoms with E-state index in [0.29, 0.717) is 12.5 Å². The third-order valence-corrected chi connectivity index (χ3v) is 4.90. The van der Waals surface area contributed by atoms with Gasteiger partial charge in [-0.3, -0.25) is 4.99 Å². The quantitative estimate of drug-likeness (QED) is 0.570. The fraction of sp³-hybridized carbons (Fsp3) is 0.632. The number of rotatable bonds is 7. The molecule has 7 heteroatoms. The number of guanidine groups is 1. The van der Waals surface area contributed by atoms with Gasteiger partial charge in [-0.05, 0) is 25.1 Å². The van der Waals surface area contributed by atoms with Gasteiger partial charge in [0.05, 0.1) is 25.9 Å². The molecule has 2 rings (SSSR count). The Balaban J connectivity index is 2.03. The van der Waals surface area contributed by atoms with E-state index in [1.807, 2.05) is 18.2 Å². The van der Waals surface area contributed by atoms with Crippen molar-refractivity contribution >= 4 is 5.96 Å². The maximum absolute atomic E-state index is 5.77. The van der Waals surface area contributed by atoms with Crippen LogP contribution in [0.2, 0.25) is 0 Å². The van der Waals surface area contributed by atoms with Crippen molar-refractivity contribution in [3.8, 4) is 11.5 Å². The van der Waals surface area contributed by atoms with E-state index in [4.69, 9.17) is 18.9 Å². The van der Waals surface area contributed by atoms with Gasteiger partial charge in [0.15, 0.2) is 5.96 Å². The Morgan fingerprint density at radius 2 is 1.96 bits per heavy atom. The van der Waals surface area contributed by atoms with Gasteiger partial charge in [0.2, 0.25) is 0 Å². The van der Waals surface area contributed by atoms with E-state index in [0.717, 1.165) is 43.1 Å². The highest BCUT2D eigenvalue weighted by molar-refractivity contribution is 5.80. The molecule has 0 radical (unpaired) electrons. The Bertz CT molecular complexity index is 600. The van der Waals surface area contributed by atoms with Crippen molar-refractivity contribution in [1.82, 2.24) is 10.6 Å². The summed E-state index contributed by atoms with van der Waals surface area (Å²) in [5, 5.41) is 6.79. The van der Waals surface area contributed by atoms with Crippen molar-refractivity contribution in [3.05, 3.63) is 23.8 Å². The van der Waals surface area contributed by atoms with Crippen LogP contribution in [0.4, 0.5) is 0 Å². The van der Waals surface area contributed by atoms with Gasteiger partial charge in [0, 0.05) is 52.3 Å². The molecule has 146 valence electrons. The van der Waals surface area contributed by atoms with Crippen LogP contribution in [0.3, 0.4) is 0 Å². The summed E-state index contributed by atoms with van der Waals surface area (Å²) < 4.78 is 22.0. The maximum Gasteiger partial charge on any atom is 0.191 e. The molecule has 1 aliphatic heterocycles. The first-order valence-electron chi connectivity index (χ1n) is 8.89. The lowest BCUT2D eigenvalue weighted by atomic mass is 9.94. The minimum Gasteiger partial charge on any atom is -0.497 e. The topological polar surface area (TPSA) is 73.3 Å². The van der Waals surface area contributed by atoms with Crippen LogP contribution < -0.4 is 20.1 Å². The molecule has 1 unspecified atom stereocenters. The third-order valence-electron chi connectivity index (χ3n) is 4.90. The summed E-state index contributed by atoms with van der Waals surface area (Å²) in [6.07, 6.45) is 1.74. The van der Waals surface area contributed by atoms with Gasteiger partial charge in [-0.15, -0.1) is 0 Å². The molecule has 1 heterocycles. The van der Waals surface area contributed by atoms with Gasteiger partial charge in [-0.25, -0.2) is 0 Å². The predicted molar refractivity (Wildman–Crippen MR) is 102 cm³/mol. The molecule has 7 nitrogen and oxygen atoms in total. The predicted octanol–water partition coefficient (Wildman–Crippen LogP) is 2.13. The molecule has 0 spiro atoms. The fourth-order valence-electron chi connectivity index (χ4n) is 3.10. The van der Waals surface area contributed by atoms with Crippen LogP contribution in [0.1, 0.15) is 31.4 Å². The van der Waals surface area contributed by atoms with E-state index >= 15 is 0 Å². The van der Waals surface area contributed by atoms with Crippen molar-refractivity contribution in [3.63, 3.8) is 0 Å². The molecule has 0 aromatic heterocycles. The SMILES string of the molecule is CN=C(NCC1(OC)CCOCC1)NC(C)c1cc(OC)ccc1OC. The molecule has 1 aromatic rings. The Hall–Kier alpha value is -1.99. The molecule has 1 aliphatic rings. The first-order chi connectivity index (χ1) is 12.6. The Morgan fingerprint density at radius 3 is 2.54 bits per heavy atom. The average Bonchev–Trinajstić information content (AvgIpc) is 2.71. The standard InChI is InChI=1S/C19H31N3O4/c1-14(16-12-15(23-3)6-7-17(16)24-4)22-18(20-2)21-13-19(25-5)8-10-26-11-9-19/h6-7,12,14H,8-11,13H2,1-5H3,(H2,20,21,22). The second-order valence-electron chi connectivity index (χ2n) is 6.40. The molecule has 0 aliphatic carbocycles. The zero-order valence-corrected chi connectivity index (χ0v) is 16.4. The first kappa shape index (κ1) is 20.3. The van der Waals surface area contributed by atoms with Crippen LogP contribution in [-0.4, -0.2) is 59.7 Å². The molecular formula is C19H31N3O4. The summed E-state index contributed by atoms with van der Waals surface area (Å²) in [5.74, 6) is 2.31. The van der Waals surface area contributed by atoms with E-state index < -0.39 is 0 Å². The van der Waals surface area contributed by atoms with Crippen LogP contribution in [0.25, 0.3) is 0 Å². The number of benzene rings is 1. The maximum atomic E-state index is 5.77. The van der Waals surface area contributed by atoms with Crippen molar-refractivity contribution in [2.45, 2.75) is 31.4 Å². The van der Waals surface area contributed by atoms with E-state index in [9.17, 15) is 0 Å². The molecule has 26 heavy (non-hydrogen) atoms. The summed E-state index contributed by atoms with van der Waals surface area (Å²) in [5.41, 5.74) is 0.787. The molecule has 0 bridgehead atoms. The number of nitrogens with one attached hydrogen (secondary N) is 2. The van der Waals surface area contributed by atoms with Crippen LogP contribution in [0, 0.1) is 0 Å². The molecule has 1 aromatic carbocycles. The third kappa shape index (κ3) is 5.02. The second kappa shape index (κ2) is 9.64. The van der Waals surface area contributed by atoms with Crippen LogP contribution in [-0.2, 0) is 9.47 Å². The molecular weight excluding hydrogens is 334 g/mol. The molecule has 2 N–H and O–H groups in total. The van der Waals surface area contributed by atoms with Gasteiger partial charge >= 0.3 is 0 Å². The smallest absolute Gasteiger partial charge is 0.191 e. The van der Waals surface area contributed by atoms with Gasteiger partial charge < -0.3 is 29.6 Å². The summed E-state index contributed by atoms with van der Waals surface area (Å²) in [6.45, 7) is 4.18. The fourth-order valence-corrected chi connectivity index (χ4v) is 3.10. The Morgan fingerprint density at radius 1 is 1.23 bits per heavy atom. The van der Waals surface area contributed by atoms with Crippen LogP contribution in [0.5, 0.6) is 11.5 Å². The average molecular weight is 365 g/mol. The number of nitrogens with zero attached hydrogens (tertiary/aromatic N) is 1. The molecule has 1 saturated heterocycles. The first-order valence-corrected chi connectivity index (χ1v) is 8.89. The number of ether oxygens (including phenoxy) is 4. The summed E-state index contributed by atoms with van der Waals surface area (Å²) >= 11 is 0. The van der Waals surface area contributed by atoms with Gasteiger partial charge in [-0.1, -0.05) is 0 Å².